The van der Waals surface area contributed by atoms with E-state index in [1.165, 1.54) is 38.5 Å². The number of ether oxygens (including phenoxy) is 3. The highest BCUT2D eigenvalue weighted by Crippen LogP contribution is 2.13. The molecule has 1 atom stereocenters. The van der Waals surface area contributed by atoms with Gasteiger partial charge in [0.2, 0.25) is 0 Å². The quantitative estimate of drug-likeness (QED) is 0.0262. The van der Waals surface area contributed by atoms with Crippen LogP contribution in [0.3, 0.4) is 0 Å². The fourth-order valence-electron chi connectivity index (χ4n) is 7.08. The molecule has 0 aliphatic rings. The van der Waals surface area contributed by atoms with Crippen molar-refractivity contribution in [3.05, 3.63) is 122 Å². The number of unbranched alkanes of at least 4 members (excludes halogenated alkanes) is 17. The van der Waals surface area contributed by atoms with Crippen molar-refractivity contribution in [3.8, 4) is 0 Å². The summed E-state index contributed by atoms with van der Waals surface area (Å²) in [6.45, 7) is 6.36. The zero-order valence-electron chi connectivity index (χ0n) is 43.8. The first-order valence-corrected chi connectivity index (χ1v) is 27.5. The Morgan fingerprint density at radius 3 is 0.956 bits per heavy atom. The summed E-state index contributed by atoms with van der Waals surface area (Å²) < 4.78 is 16.7. The van der Waals surface area contributed by atoms with E-state index in [0.717, 1.165) is 154 Å². The molecule has 0 N–H and O–H groups in total. The molecular weight excluding hydrogens is 841 g/mol. The molecule has 1 unspecified atom stereocenters. The van der Waals surface area contributed by atoms with Gasteiger partial charge in [0.1, 0.15) is 13.2 Å². The van der Waals surface area contributed by atoms with Gasteiger partial charge >= 0.3 is 17.9 Å². The van der Waals surface area contributed by atoms with Gasteiger partial charge in [-0.3, -0.25) is 14.4 Å². The zero-order valence-corrected chi connectivity index (χ0v) is 43.8. The Morgan fingerprint density at radius 1 is 0.309 bits per heavy atom. The van der Waals surface area contributed by atoms with E-state index in [0.29, 0.717) is 19.3 Å². The maximum Gasteiger partial charge on any atom is 0.306 e. The van der Waals surface area contributed by atoms with Crippen LogP contribution in [0, 0.1) is 0 Å². The monoisotopic (exact) mass is 941 g/mol. The Morgan fingerprint density at radius 2 is 0.603 bits per heavy atom. The second-order valence-electron chi connectivity index (χ2n) is 17.8. The molecule has 0 saturated carbocycles. The average molecular weight is 941 g/mol. The summed E-state index contributed by atoms with van der Waals surface area (Å²) in [5.74, 6) is -0.937. The number of carbonyl (C=O) groups excluding carboxylic acids is 3. The van der Waals surface area contributed by atoms with Crippen LogP contribution in [0.25, 0.3) is 0 Å². The summed E-state index contributed by atoms with van der Waals surface area (Å²) in [4.78, 5) is 37.7. The lowest BCUT2D eigenvalue weighted by Crippen LogP contribution is -2.30. The van der Waals surface area contributed by atoms with Gasteiger partial charge in [-0.1, -0.05) is 226 Å². The lowest BCUT2D eigenvalue weighted by Gasteiger charge is -2.18. The minimum absolute atomic E-state index is 0.0907. The molecule has 0 radical (unpaired) electrons. The van der Waals surface area contributed by atoms with Crippen LogP contribution in [-0.4, -0.2) is 37.2 Å². The van der Waals surface area contributed by atoms with Crippen LogP contribution in [0.5, 0.6) is 0 Å². The third kappa shape index (κ3) is 52.8. The van der Waals surface area contributed by atoms with Gasteiger partial charge in [-0.05, 0) is 109 Å². The van der Waals surface area contributed by atoms with E-state index < -0.39 is 6.10 Å². The van der Waals surface area contributed by atoms with E-state index in [4.69, 9.17) is 14.2 Å². The second-order valence-corrected chi connectivity index (χ2v) is 17.8. The van der Waals surface area contributed by atoms with Crippen LogP contribution in [-0.2, 0) is 28.6 Å². The largest absolute Gasteiger partial charge is 0.462 e. The molecule has 384 valence electrons. The first-order valence-electron chi connectivity index (χ1n) is 27.5. The standard InChI is InChI=1S/C62H100O6/c1-4-7-10-13-16-18-20-22-23-24-25-26-27-28-29-30-31-32-33-34-35-36-37-38-39-41-42-44-46-49-52-55-61(64)67-58-59(57-66-60(63)54-51-48-15-12-9-6-3)68-62(65)56-53-50-47-45-43-40-21-19-17-14-11-8-5-2/h7,10-11,14,16,18-19,21-23,25-26,28-29,31-32,34-35,37-38,59H,4-6,8-9,12-13,15,17,20,24,27,30,33,36,39-58H2,1-3H3/b10-7-,14-11-,18-16-,21-19-,23-22-,26-25-,29-28-,32-31-,35-34-,38-37-. The van der Waals surface area contributed by atoms with Gasteiger partial charge in [-0.25, -0.2) is 0 Å². The predicted octanol–water partition coefficient (Wildman–Crippen LogP) is 18.5. The summed E-state index contributed by atoms with van der Waals surface area (Å²) in [6.07, 6.45) is 76.5. The van der Waals surface area contributed by atoms with Crippen LogP contribution < -0.4 is 0 Å². The lowest BCUT2D eigenvalue weighted by atomic mass is 10.1. The maximum atomic E-state index is 12.7. The first kappa shape index (κ1) is 63.8. The van der Waals surface area contributed by atoms with Crippen molar-refractivity contribution < 1.29 is 28.6 Å². The summed E-state index contributed by atoms with van der Waals surface area (Å²) in [5.41, 5.74) is 0. The number of rotatable bonds is 48. The molecule has 6 heteroatoms. The van der Waals surface area contributed by atoms with Gasteiger partial charge in [0, 0.05) is 19.3 Å². The topological polar surface area (TPSA) is 78.9 Å². The second kappa shape index (κ2) is 55.4. The Kier molecular flexibility index (Phi) is 52.0. The third-order valence-corrected chi connectivity index (χ3v) is 11.2. The van der Waals surface area contributed by atoms with Crippen LogP contribution in [0.15, 0.2) is 122 Å². The molecule has 0 rings (SSSR count). The average Bonchev–Trinajstić information content (AvgIpc) is 3.34. The fourth-order valence-corrected chi connectivity index (χ4v) is 7.08. The Labute approximate surface area is 418 Å². The van der Waals surface area contributed by atoms with E-state index in [1.807, 2.05) is 0 Å². The Balaban J connectivity index is 4.16. The van der Waals surface area contributed by atoms with Crippen LogP contribution in [0.1, 0.15) is 233 Å². The number of allylic oxidation sites excluding steroid dienone is 20. The molecule has 0 bridgehead atoms. The minimum Gasteiger partial charge on any atom is -0.462 e. The molecule has 0 aliphatic heterocycles. The van der Waals surface area contributed by atoms with Crippen molar-refractivity contribution in [2.45, 2.75) is 239 Å². The molecule has 0 aromatic carbocycles. The molecule has 0 aliphatic carbocycles. The minimum atomic E-state index is -0.790. The predicted molar refractivity (Wildman–Crippen MR) is 293 cm³/mol. The summed E-state index contributed by atoms with van der Waals surface area (Å²) in [5, 5.41) is 0. The number of hydrogen-bond donors (Lipinski definition) is 0. The fraction of sp³-hybridized carbons (Fsp3) is 0.629. The summed E-state index contributed by atoms with van der Waals surface area (Å²) in [6, 6.07) is 0. The molecule has 0 spiro atoms. The van der Waals surface area contributed by atoms with Crippen molar-refractivity contribution >= 4 is 17.9 Å². The number of hydrogen-bond acceptors (Lipinski definition) is 6. The van der Waals surface area contributed by atoms with Crippen LogP contribution in [0.2, 0.25) is 0 Å². The SMILES string of the molecule is CC/C=C\C/C=C\C/C=C\C/C=C\C/C=C\C/C=C\C/C=C\C/C=C\CCCCCCCCC(=O)OCC(COC(=O)CCCCCCCC)OC(=O)CCCCCCC/C=C\C/C=C\CCC. The number of esters is 3. The van der Waals surface area contributed by atoms with Crippen LogP contribution in [0.4, 0.5) is 0 Å². The van der Waals surface area contributed by atoms with Crippen molar-refractivity contribution in [2.24, 2.45) is 0 Å². The van der Waals surface area contributed by atoms with E-state index in [1.54, 1.807) is 0 Å². The molecule has 0 heterocycles. The Hall–Kier alpha value is -4.19. The highest BCUT2D eigenvalue weighted by atomic mass is 16.6. The Bertz CT molecular complexity index is 1450. The molecule has 0 aromatic rings. The lowest BCUT2D eigenvalue weighted by molar-refractivity contribution is -0.167. The van der Waals surface area contributed by atoms with Gasteiger partial charge in [-0.2, -0.15) is 0 Å². The smallest absolute Gasteiger partial charge is 0.306 e. The molecule has 68 heavy (non-hydrogen) atoms. The summed E-state index contributed by atoms with van der Waals surface area (Å²) >= 11 is 0. The molecule has 0 aromatic heterocycles. The molecular formula is C62H100O6. The highest BCUT2D eigenvalue weighted by molar-refractivity contribution is 5.71. The van der Waals surface area contributed by atoms with Crippen molar-refractivity contribution in [1.29, 1.82) is 0 Å². The highest BCUT2D eigenvalue weighted by Gasteiger charge is 2.19. The van der Waals surface area contributed by atoms with Gasteiger partial charge < -0.3 is 14.2 Å². The van der Waals surface area contributed by atoms with Crippen molar-refractivity contribution in [1.82, 2.24) is 0 Å². The molecule has 0 fully saturated rings. The van der Waals surface area contributed by atoms with Gasteiger partial charge in [0.05, 0.1) is 0 Å². The normalized spacial score (nSPS) is 13.0. The van der Waals surface area contributed by atoms with E-state index in [9.17, 15) is 14.4 Å². The first-order chi connectivity index (χ1) is 33.5. The van der Waals surface area contributed by atoms with E-state index >= 15 is 0 Å². The van der Waals surface area contributed by atoms with Gasteiger partial charge in [0.25, 0.3) is 0 Å². The van der Waals surface area contributed by atoms with Gasteiger partial charge in [0.15, 0.2) is 6.10 Å². The van der Waals surface area contributed by atoms with E-state index in [-0.39, 0.29) is 31.1 Å². The third-order valence-electron chi connectivity index (χ3n) is 11.2. The van der Waals surface area contributed by atoms with Crippen molar-refractivity contribution in [2.75, 3.05) is 13.2 Å². The molecule has 6 nitrogen and oxygen atoms in total. The van der Waals surface area contributed by atoms with Crippen molar-refractivity contribution in [3.63, 3.8) is 0 Å². The zero-order chi connectivity index (χ0) is 49.3. The molecule has 0 amide bonds. The van der Waals surface area contributed by atoms with E-state index in [2.05, 4.69) is 142 Å². The summed E-state index contributed by atoms with van der Waals surface area (Å²) in [7, 11) is 0. The maximum absolute atomic E-state index is 12.7. The number of carbonyl (C=O) groups is 3. The van der Waals surface area contributed by atoms with Gasteiger partial charge in [-0.15, -0.1) is 0 Å². The van der Waals surface area contributed by atoms with Crippen LogP contribution >= 0.6 is 0 Å². The molecule has 0 saturated heterocycles.